The van der Waals surface area contributed by atoms with Crippen molar-refractivity contribution in [3.8, 4) is 41.3 Å². The number of rotatable bonds is 7. The molecule has 4 heterocycles. The van der Waals surface area contributed by atoms with E-state index in [1.807, 2.05) is 4.90 Å². The first-order chi connectivity index (χ1) is 23.2. The lowest BCUT2D eigenvalue weighted by atomic mass is 9.93. The molecule has 3 aliphatic heterocycles. The summed E-state index contributed by atoms with van der Waals surface area (Å²) in [6.07, 6.45) is 9.95. The summed E-state index contributed by atoms with van der Waals surface area (Å²) < 4.78 is 37.1. The Labute approximate surface area is 277 Å². The number of halogens is 2. The summed E-state index contributed by atoms with van der Waals surface area (Å²) in [6.45, 7) is 6.04. The van der Waals surface area contributed by atoms with Gasteiger partial charge in [0.1, 0.15) is 23.7 Å². The van der Waals surface area contributed by atoms with Gasteiger partial charge in [-0.3, -0.25) is 9.69 Å². The van der Waals surface area contributed by atoms with Crippen molar-refractivity contribution < 1.29 is 23.4 Å². The minimum absolute atomic E-state index is 0.0132. The van der Waals surface area contributed by atoms with Gasteiger partial charge in [0.2, 0.25) is 0 Å². The topological polar surface area (TPSA) is 106 Å². The van der Waals surface area contributed by atoms with Crippen molar-refractivity contribution in [3.05, 3.63) is 66.3 Å². The van der Waals surface area contributed by atoms with Gasteiger partial charge < -0.3 is 19.6 Å². The van der Waals surface area contributed by atoms with Crippen LogP contribution in [0.25, 0.3) is 32.8 Å². The number of anilines is 1. The number of amides is 1. The van der Waals surface area contributed by atoms with Crippen molar-refractivity contribution in [2.75, 3.05) is 44.2 Å². The zero-order valence-corrected chi connectivity index (χ0v) is 26.4. The molecule has 7 rings (SSSR count). The second kappa shape index (κ2) is 12.4. The number of nitrogens with zero attached hydrogens (tertiary/aromatic N) is 6. The van der Waals surface area contributed by atoms with Crippen LogP contribution in [0.1, 0.15) is 37.7 Å². The Bertz CT molecular complexity index is 2040. The Kier molecular flexibility index (Phi) is 8.10. The molecule has 3 aliphatic rings. The van der Waals surface area contributed by atoms with E-state index in [4.69, 9.17) is 16.1 Å². The molecule has 1 N–H and O–H groups in total. The molecule has 0 unspecified atom stereocenters. The van der Waals surface area contributed by atoms with Crippen LogP contribution in [0.2, 0.25) is 0 Å². The number of hydrogen-bond donors (Lipinski definition) is 1. The number of phenolic OH excluding ortho intramolecular Hbond substituents is 1. The molecule has 1 aromatic heterocycles. The molecule has 1 amide bonds. The quantitative estimate of drug-likeness (QED) is 0.201. The SMILES string of the molecule is C#Cc1cccc2cc(O)cc(-c3ccc4c(N5CCN(C(=O)C(=C)F)[C@@H](CC#N)C5)nc(OCC56CCCN5CCC6)nc4c3F)c12. The Hall–Kier alpha value is -5.26. The number of carbonyl (C=O) groups excluding carboxylic acids is 1. The van der Waals surface area contributed by atoms with E-state index in [1.54, 1.807) is 36.4 Å². The highest BCUT2D eigenvalue weighted by molar-refractivity contribution is 6.04. The van der Waals surface area contributed by atoms with Gasteiger partial charge in [0.25, 0.3) is 5.91 Å². The summed E-state index contributed by atoms with van der Waals surface area (Å²) in [4.78, 5) is 27.6. The molecular formula is C37H34F2N6O3. The number of aromatic nitrogens is 2. The number of fused-ring (bicyclic) bond motifs is 3. The second-order valence-corrected chi connectivity index (χ2v) is 12.8. The standard InChI is InChI=1S/C37H34F2N6O3/c1-3-24-7-4-8-25-19-27(46)20-30(31(24)25)28-9-10-29-33(32(28)39)41-36(48-22-37-12-5-15-44(37)16-6-13-37)42-34(29)43-17-18-45(35(47)23(2)38)26(21-43)11-14-40/h1,4,7-10,19-20,26,46H,2,5-6,11-13,15-18,21-22H2/t26-/m0/s1. The summed E-state index contributed by atoms with van der Waals surface area (Å²) in [6, 6.07) is 13.2. The molecule has 0 aliphatic carbocycles. The van der Waals surface area contributed by atoms with Gasteiger partial charge in [-0.15, -0.1) is 6.42 Å². The first kappa shape index (κ1) is 31.3. The number of ether oxygens (including phenoxy) is 1. The minimum atomic E-state index is -1.09. The predicted molar refractivity (Wildman–Crippen MR) is 178 cm³/mol. The van der Waals surface area contributed by atoms with E-state index in [2.05, 4.69) is 28.5 Å². The van der Waals surface area contributed by atoms with Crippen LogP contribution in [0.15, 0.2) is 54.9 Å². The maximum absolute atomic E-state index is 16.9. The number of hydrogen-bond acceptors (Lipinski definition) is 8. The van der Waals surface area contributed by atoms with Crippen molar-refractivity contribution >= 4 is 33.4 Å². The number of terminal acetylenes is 1. The monoisotopic (exact) mass is 648 g/mol. The summed E-state index contributed by atoms with van der Waals surface area (Å²) in [7, 11) is 0. The molecule has 9 nitrogen and oxygen atoms in total. The lowest BCUT2D eigenvalue weighted by Crippen LogP contribution is -2.55. The normalized spacial score (nSPS) is 18.9. The van der Waals surface area contributed by atoms with Gasteiger partial charge in [-0.25, -0.2) is 8.78 Å². The van der Waals surface area contributed by atoms with Gasteiger partial charge in [0.05, 0.1) is 24.1 Å². The third-order valence-electron chi connectivity index (χ3n) is 10.1. The molecular weight excluding hydrogens is 614 g/mol. The lowest BCUT2D eigenvalue weighted by molar-refractivity contribution is -0.131. The number of benzene rings is 3. The van der Waals surface area contributed by atoms with E-state index in [1.165, 1.54) is 11.0 Å². The lowest BCUT2D eigenvalue weighted by Gasteiger charge is -2.41. The average Bonchev–Trinajstić information content (AvgIpc) is 3.67. The fraction of sp³-hybridized carbons (Fsp3) is 0.351. The van der Waals surface area contributed by atoms with Crippen molar-refractivity contribution in [2.24, 2.45) is 0 Å². The molecule has 0 radical (unpaired) electrons. The average molecular weight is 649 g/mol. The van der Waals surface area contributed by atoms with Gasteiger partial charge in [-0.05, 0) is 74.0 Å². The number of piperazine rings is 1. The molecule has 4 aromatic rings. The Morgan fingerprint density at radius 2 is 1.92 bits per heavy atom. The van der Waals surface area contributed by atoms with Crippen LogP contribution in [-0.2, 0) is 4.79 Å². The van der Waals surface area contributed by atoms with Crippen molar-refractivity contribution in [1.82, 2.24) is 19.8 Å². The van der Waals surface area contributed by atoms with Crippen LogP contribution in [0.4, 0.5) is 14.6 Å². The first-order valence-electron chi connectivity index (χ1n) is 16.1. The van der Waals surface area contributed by atoms with Crippen molar-refractivity contribution in [1.29, 1.82) is 5.26 Å². The molecule has 0 bridgehead atoms. The number of nitriles is 1. The number of carbonyl (C=O) groups is 1. The van der Waals surface area contributed by atoms with E-state index < -0.39 is 23.6 Å². The van der Waals surface area contributed by atoms with Gasteiger partial charge in [-0.1, -0.05) is 30.7 Å². The number of phenols is 1. The van der Waals surface area contributed by atoms with Crippen LogP contribution >= 0.6 is 0 Å². The Morgan fingerprint density at radius 1 is 1.12 bits per heavy atom. The van der Waals surface area contributed by atoms with Crippen LogP contribution in [0, 0.1) is 29.5 Å². The van der Waals surface area contributed by atoms with Gasteiger partial charge in [0, 0.05) is 41.5 Å². The first-order valence-corrected chi connectivity index (χ1v) is 16.1. The van der Waals surface area contributed by atoms with Crippen molar-refractivity contribution in [2.45, 2.75) is 43.7 Å². The van der Waals surface area contributed by atoms with Gasteiger partial charge >= 0.3 is 6.01 Å². The van der Waals surface area contributed by atoms with Crippen LogP contribution in [0.5, 0.6) is 11.8 Å². The molecule has 3 fully saturated rings. The molecule has 1 atom stereocenters. The number of aromatic hydroxyl groups is 1. The largest absolute Gasteiger partial charge is 0.508 e. The van der Waals surface area contributed by atoms with E-state index in [0.717, 1.165) is 38.8 Å². The highest BCUT2D eigenvalue weighted by Gasteiger charge is 2.45. The van der Waals surface area contributed by atoms with E-state index in [9.17, 15) is 19.6 Å². The summed E-state index contributed by atoms with van der Waals surface area (Å²) >= 11 is 0. The van der Waals surface area contributed by atoms with Gasteiger partial charge in [-0.2, -0.15) is 15.2 Å². The fourth-order valence-corrected chi connectivity index (χ4v) is 7.79. The smallest absolute Gasteiger partial charge is 0.319 e. The summed E-state index contributed by atoms with van der Waals surface area (Å²) in [5.41, 5.74) is 1.07. The van der Waals surface area contributed by atoms with Crippen LogP contribution in [-0.4, -0.2) is 81.7 Å². The molecule has 244 valence electrons. The maximum atomic E-state index is 16.9. The zero-order chi connectivity index (χ0) is 33.6. The Balaban J connectivity index is 1.35. The minimum Gasteiger partial charge on any atom is -0.508 e. The zero-order valence-electron chi connectivity index (χ0n) is 26.4. The summed E-state index contributed by atoms with van der Waals surface area (Å²) in [5, 5.41) is 21.8. The van der Waals surface area contributed by atoms with Crippen LogP contribution in [0.3, 0.4) is 0 Å². The highest BCUT2D eigenvalue weighted by Crippen LogP contribution is 2.41. The van der Waals surface area contributed by atoms with Crippen molar-refractivity contribution in [3.63, 3.8) is 0 Å². The Morgan fingerprint density at radius 3 is 2.65 bits per heavy atom. The molecule has 0 saturated carbocycles. The third-order valence-corrected chi connectivity index (χ3v) is 10.1. The van der Waals surface area contributed by atoms with Gasteiger partial charge in [0.15, 0.2) is 11.6 Å². The molecule has 3 saturated heterocycles. The second-order valence-electron chi connectivity index (χ2n) is 12.8. The molecule has 0 spiro atoms. The highest BCUT2D eigenvalue weighted by atomic mass is 19.1. The third kappa shape index (κ3) is 5.34. The van der Waals surface area contributed by atoms with E-state index in [-0.39, 0.29) is 54.4 Å². The van der Waals surface area contributed by atoms with E-state index in [0.29, 0.717) is 39.7 Å². The molecule has 48 heavy (non-hydrogen) atoms. The maximum Gasteiger partial charge on any atom is 0.319 e. The van der Waals surface area contributed by atoms with E-state index >= 15 is 4.39 Å². The van der Waals surface area contributed by atoms with Crippen LogP contribution < -0.4 is 9.64 Å². The molecule has 11 heteroatoms. The predicted octanol–water partition coefficient (Wildman–Crippen LogP) is 5.70. The fourth-order valence-electron chi connectivity index (χ4n) is 7.79. The summed E-state index contributed by atoms with van der Waals surface area (Å²) in [5.74, 6) is 0.421. The molecule has 3 aromatic carbocycles.